The lowest BCUT2D eigenvalue weighted by atomic mass is 10.1. The van der Waals surface area contributed by atoms with Gasteiger partial charge in [0.15, 0.2) is 11.1 Å². The Balaban J connectivity index is 1.58. The molecule has 28 heavy (non-hydrogen) atoms. The summed E-state index contributed by atoms with van der Waals surface area (Å²) < 4.78 is 0. The minimum atomic E-state index is -0.0524. The molecule has 0 aliphatic rings. The van der Waals surface area contributed by atoms with Gasteiger partial charge in [-0.25, -0.2) is 4.98 Å². The lowest BCUT2D eigenvalue weighted by Gasteiger charge is -2.04. The third-order valence-electron chi connectivity index (χ3n) is 3.88. The van der Waals surface area contributed by atoms with Crippen LogP contribution in [0.15, 0.2) is 59.0 Å². The number of carbonyl (C=O) groups is 1. The third-order valence-corrected chi connectivity index (χ3v) is 4.64. The van der Waals surface area contributed by atoms with E-state index in [0.29, 0.717) is 24.2 Å². The molecule has 3 rings (SSSR count). The summed E-state index contributed by atoms with van der Waals surface area (Å²) in [5, 5.41) is 8.47. The molecular formula is C20H22N6OS. The highest BCUT2D eigenvalue weighted by Crippen LogP contribution is 2.25. The molecule has 1 amide bonds. The molecule has 4 N–H and O–H groups in total. The van der Waals surface area contributed by atoms with E-state index in [-0.39, 0.29) is 5.91 Å². The van der Waals surface area contributed by atoms with Gasteiger partial charge in [0.2, 0.25) is 5.91 Å². The molecule has 144 valence electrons. The maximum absolute atomic E-state index is 11.1. The van der Waals surface area contributed by atoms with E-state index in [1.165, 1.54) is 18.3 Å². The van der Waals surface area contributed by atoms with E-state index in [1.807, 2.05) is 47.8 Å². The summed E-state index contributed by atoms with van der Waals surface area (Å²) in [6, 6.07) is 13.7. The van der Waals surface area contributed by atoms with Crippen molar-refractivity contribution in [2.75, 3.05) is 11.9 Å². The number of pyridine rings is 1. The van der Waals surface area contributed by atoms with Crippen LogP contribution in [0.4, 0.5) is 5.13 Å². The summed E-state index contributed by atoms with van der Waals surface area (Å²) in [6.45, 7) is 2.55. The molecule has 7 nitrogen and oxygen atoms in total. The largest absolute Gasteiger partial charge is 0.370 e. The van der Waals surface area contributed by atoms with Crippen molar-refractivity contribution >= 4 is 28.3 Å². The molecule has 0 spiro atoms. The van der Waals surface area contributed by atoms with Crippen LogP contribution in [-0.4, -0.2) is 28.4 Å². The quantitative estimate of drug-likeness (QED) is 0.422. The number of nitrogens with one attached hydrogen (secondary N) is 2. The van der Waals surface area contributed by atoms with Crippen molar-refractivity contribution in [3.63, 3.8) is 0 Å². The monoisotopic (exact) mass is 394 g/mol. The normalized spacial score (nSPS) is 11.2. The minimum absolute atomic E-state index is 0.0524. The number of hydrogen-bond donors (Lipinski definition) is 3. The Bertz CT molecular complexity index is 954. The Morgan fingerprint density at radius 2 is 2.14 bits per heavy atom. The molecule has 8 heteroatoms. The van der Waals surface area contributed by atoms with Crippen molar-refractivity contribution in [2.24, 2.45) is 10.7 Å². The predicted octanol–water partition coefficient (Wildman–Crippen LogP) is 2.81. The fourth-order valence-electron chi connectivity index (χ4n) is 2.52. The van der Waals surface area contributed by atoms with Crippen LogP contribution in [0.2, 0.25) is 0 Å². The Morgan fingerprint density at radius 3 is 2.93 bits per heavy atom. The average Bonchev–Trinajstić information content (AvgIpc) is 3.16. The minimum Gasteiger partial charge on any atom is -0.370 e. The zero-order valence-corrected chi connectivity index (χ0v) is 16.4. The van der Waals surface area contributed by atoms with Crippen LogP contribution in [0.25, 0.3) is 11.3 Å². The number of anilines is 1. The van der Waals surface area contributed by atoms with Gasteiger partial charge in [-0.05, 0) is 23.8 Å². The number of guanidine groups is 1. The van der Waals surface area contributed by atoms with E-state index in [2.05, 4.69) is 25.6 Å². The molecular weight excluding hydrogens is 372 g/mol. The highest BCUT2D eigenvalue weighted by atomic mass is 32.1. The van der Waals surface area contributed by atoms with Gasteiger partial charge in [-0.1, -0.05) is 24.3 Å². The molecule has 0 fully saturated rings. The number of rotatable bonds is 7. The fraction of sp³-hybridized carbons (Fsp3) is 0.200. The zero-order valence-electron chi connectivity index (χ0n) is 15.6. The summed E-state index contributed by atoms with van der Waals surface area (Å²) in [7, 11) is 0. The van der Waals surface area contributed by atoms with Gasteiger partial charge in [-0.2, -0.15) is 0 Å². The van der Waals surface area contributed by atoms with Gasteiger partial charge >= 0.3 is 0 Å². The van der Waals surface area contributed by atoms with Gasteiger partial charge in [0.25, 0.3) is 0 Å². The molecule has 0 radical (unpaired) electrons. The first-order valence-electron chi connectivity index (χ1n) is 8.86. The maximum atomic E-state index is 11.1. The Kier molecular flexibility index (Phi) is 6.69. The standard InChI is InChI=1S/C20H22N6OS/c1-14(27)24-12-15-5-4-6-16(11-15)18-13-28-20(25-18)26-19(21)23-10-8-17-7-2-3-9-22-17/h2-7,9,11,13H,8,10,12H2,1H3,(H,24,27)(H3,21,23,25,26). The fourth-order valence-corrected chi connectivity index (χ4v) is 3.24. The van der Waals surface area contributed by atoms with Gasteiger partial charge in [0.05, 0.1) is 5.69 Å². The van der Waals surface area contributed by atoms with E-state index in [1.54, 1.807) is 6.20 Å². The van der Waals surface area contributed by atoms with E-state index >= 15 is 0 Å². The second-order valence-electron chi connectivity index (χ2n) is 6.11. The lowest BCUT2D eigenvalue weighted by molar-refractivity contribution is -0.119. The first kappa shape index (κ1) is 19.5. The van der Waals surface area contributed by atoms with E-state index in [9.17, 15) is 4.79 Å². The van der Waals surface area contributed by atoms with Crippen LogP contribution in [0, 0.1) is 0 Å². The van der Waals surface area contributed by atoms with E-state index in [4.69, 9.17) is 5.73 Å². The summed E-state index contributed by atoms with van der Waals surface area (Å²) in [5.74, 6) is 0.277. The maximum Gasteiger partial charge on any atom is 0.217 e. The number of benzene rings is 1. The highest BCUT2D eigenvalue weighted by molar-refractivity contribution is 7.14. The molecule has 0 unspecified atom stereocenters. The topological polar surface area (TPSA) is 105 Å². The molecule has 2 aromatic heterocycles. The molecule has 0 saturated carbocycles. The van der Waals surface area contributed by atoms with Crippen LogP contribution in [0.3, 0.4) is 0 Å². The van der Waals surface area contributed by atoms with Crippen molar-refractivity contribution in [3.05, 3.63) is 65.3 Å². The van der Waals surface area contributed by atoms with Crippen LogP contribution < -0.4 is 16.4 Å². The smallest absolute Gasteiger partial charge is 0.217 e. The summed E-state index contributed by atoms with van der Waals surface area (Å²) in [4.78, 5) is 24.2. The first-order chi connectivity index (χ1) is 13.6. The number of amides is 1. The van der Waals surface area contributed by atoms with Crippen molar-refractivity contribution in [2.45, 2.75) is 19.9 Å². The molecule has 0 saturated heterocycles. The van der Waals surface area contributed by atoms with E-state index in [0.717, 1.165) is 28.9 Å². The van der Waals surface area contributed by atoms with Gasteiger partial charge < -0.3 is 16.4 Å². The predicted molar refractivity (Wildman–Crippen MR) is 113 cm³/mol. The summed E-state index contributed by atoms with van der Waals surface area (Å²) in [5.41, 5.74) is 9.79. The van der Waals surface area contributed by atoms with Crippen molar-refractivity contribution < 1.29 is 4.79 Å². The van der Waals surface area contributed by atoms with Gasteiger partial charge in [0, 0.05) is 49.3 Å². The SMILES string of the molecule is CC(=O)NCc1cccc(-c2csc(NC(N)=NCCc3ccccn3)n2)c1. The van der Waals surface area contributed by atoms with Crippen LogP contribution in [0.1, 0.15) is 18.2 Å². The molecule has 0 aliphatic heterocycles. The first-order valence-corrected chi connectivity index (χ1v) is 9.74. The number of nitrogens with two attached hydrogens (primary N) is 1. The van der Waals surface area contributed by atoms with Crippen molar-refractivity contribution in [1.82, 2.24) is 15.3 Å². The zero-order chi connectivity index (χ0) is 19.8. The number of aliphatic imine (C=N–C) groups is 1. The number of thiazole rings is 1. The van der Waals surface area contributed by atoms with Crippen LogP contribution >= 0.6 is 11.3 Å². The van der Waals surface area contributed by atoms with Gasteiger partial charge in [-0.3, -0.25) is 14.8 Å². The Morgan fingerprint density at radius 1 is 1.25 bits per heavy atom. The Hall–Kier alpha value is -3.26. The second-order valence-corrected chi connectivity index (χ2v) is 6.97. The molecule has 0 bridgehead atoms. The lowest BCUT2D eigenvalue weighted by Crippen LogP contribution is -2.23. The van der Waals surface area contributed by atoms with Gasteiger partial charge in [0.1, 0.15) is 0 Å². The third kappa shape index (κ3) is 5.88. The number of hydrogen-bond acceptors (Lipinski definition) is 5. The molecule has 0 atom stereocenters. The summed E-state index contributed by atoms with van der Waals surface area (Å²) in [6.07, 6.45) is 2.50. The molecule has 1 aromatic carbocycles. The van der Waals surface area contributed by atoms with Crippen LogP contribution in [-0.2, 0) is 17.8 Å². The Labute approximate surface area is 167 Å². The summed E-state index contributed by atoms with van der Waals surface area (Å²) >= 11 is 1.46. The van der Waals surface area contributed by atoms with Gasteiger partial charge in [-0.15, -0.1) is 11.3 Å². The molecule has 0 aliphatic carbocycles. The number of aromatic nitrogens is 2. The molecule has 2 heterocycles. The van der Waals surface area contributed by atoms with Crippen molar-refractivity contribution in [3.8, 4) is 11.3 Å². The average molecular weight is 395 g/mol. The highest BCUT2D eigenvalue weighted by Gasteiger charge is 2.06. The van der Waals surface area contributed by atoms with Crippen LogP contribution in [0.5, 0.6) is 0 Å². The van der Waals surface area contributed by atoms with Crippen molar-refractivity contribution in [1.29, 1.82) is 0 Å². The number of nitrogens with zero attached hydrogens (tertiary/aromatic N) is 3. The van der Waals surface area contributed by atoms with E-state index < -0.39 is 0 Å². The second kappa shape index (κ2) is 9.61. The molecule has 3 aromatic rings. The number of carbonyl (C=O) groups excluding carboxylic acids is 1.